The van der Waals surface area contributed by atoms with Crippen molar-refractivity contribution in [2.24, 2.45) is 0 Å². The van der Waals surface area contributed by atoms with Crippen LogP contribution in [0.5, 0.6) is 0 Å². The molecule has 0 aliphatic rings. The van der Waals surface area contributed by atoms with E-state index >= 15 is 0 Å². The number of nitrogens with one attached hydrogen (secondary N) is 1. The number of rotatable bonds is 5. The first-order valence-electron chi connectivity index (χ1n) is 6.04. The molecule has 0 unspecified atom stereocenters. The number of hydrogen-bond acceptors (Lipinski definition) is 3. The summed E-state index contributed by atoms with van der Waals surface area (Å²) in [7, 11) is 0. The molecule has 1 aromatic heterocycles. The fourth-order valence-corrected chi connectivity index (χ4v) is 2.28. The van der Waals surface area contributed by atoms with Crippen LogP contribution in [0, 0.1) is 0 Å². The van der Waals surface area contributed by atoms with Crippen LogP contribution in [0.4, 0.5) is 16.2 Å². The molecule has 6 heteroatoms. The molecule has 1 heterocycles. The lowest BCUT2D eigenvalue weighted by Gasteiger charge is -2.22. The summed E-state index contributed by atoms with van der Waals surface area (Å²) in [4.78, 5) is 24.4. The fourth-order valence-electron chi connectivity index (χ4n) is 1.69. The minimum atomic E-state index is -0.936. The predicted octanol–water partition coefficient (Wildman–Crippen LogP) is 3.26. The van der Waals surface area contributed by atoms with Gasteiger partial charge in [-0.1, -0.05) is 18.2 Å². The van der Waals surface area contributed by atoms with Crippen molar-refractivity contribution < 1.29 is 14.7 Å². The number of carbonyl (C=O) groups is 2. The molecular formula is C14H14N2O3S. The molecule has 5 nitrogen and oxygen atoms in total. The van der Waals surface area contributed by atoms with Crippen LogP contribution in [-0.4, -0.2) is 23.7 Å². The maximum Gasteiger partial charge on any atom is 0.326 e. The lowest BCUT2D eigenvalue weighted by atomic mass is 10.2. The van der Waals surface area contributed by atoms with E-state index in [-0.39, 0.29) is 19.0 Å². The van der Waals surface area contributed by atoms with Gasteiger partial charge in [-0.15, -0.1) is 0 Å². The Morgan fingerprint density at radius 3 is 2.55 bits per heavy atom. The van der Waals surface area contributed by atoms with E-state index in [0.717, 1.165) is 0 Å². The van der Waals surface area contributed by atoms with Gasteiger partial charge < -0.3 is 10.4 Å². The van der Waals surface area contributed by atoms with Crippen LogP contribution < -0.4 is 10.2 Å². The SMILES string of the molecule is O=C(O)CCN(C(=O)Nc1ccsc1)c1ccccc1. The predicted molar refractivity (Wildman–Crippen MR) is 79.4 cm³/mol. The Morgan fingerprint density at radius 1 is 1.20 bits per heavy atom. The minimum Gasteiger partial charge on any atom is -0.481 e. The van der Waals surface area contributed by atoms with Crippen molar-refractivity contribution in [3.63, 3.8) is 0 Å². The van der Waals surface area contributed by atoms with Gasteiger partial charge in [0.2, 0.25) is 0 Å². The second kappa shape index (κ2) is 6.72. The summed E-state index contributed by atoms with van der Waals surface area (Å²) in [6.45, 7) is 0.120. The number of thiophene rings is 1. The Kier molecular flexibility index (Phi) is 4.73. The van der Waals surface area contributed by atoms with E-state index in [1.165, 1.54) is 16.2 Å². The van der Waals surface area contributed by atoms with Crippen molar-refractivity contribution >= 4 is 34.7 Å². The van der Waals surface area contributed by atoms with Gasteiger partial charge in [0.25, 0.3) is 0 Å². The highest BCUT2D eigenvalue weighted by Gasteiger charge is 2.16. The number of urea groups is 1. The zero-order valence-corrected chi connectivity index (χ0v) is 11.5. The second-order valence-corrected chi connectivity index (χ2v) is 4.85. The van der Waals surface area contributed by atoms with Gasteiger partial charge in [0, 0.05) is 17.6 Å². The molecule has 104 valence electrons. The summed E-state index contributed by atoms with van der Waals surface area (Å²) in [6, 6.07) is 10.5. The molecule has 2 N–H and O–H groups in total. The van der Waals surface area contributed by atoms with E-state index in [1.54, 1.807) is 30.3 Å². The zero-order valence-electron chi connectivity index (χ0n) is 10.7. The van der Waals surface area contributed by atoms with Gasteiger partial charge in [0.15, 0.2) is 0 Å². The Balaban J connectivity index is 2.13. The monoisotopic (exact) mass is 290 g/mol. The number of para-hydroxylation sites is 1. The number of aliphatic carboxylic acids is 1. The highest BCUT2D eigenvalue weighted by atomic mass is 32.1. The van der Waals surface area contributed by atoms with Crippen LogP contribution in [0.25, 0.3) is 0 Å². The number of benzene rings is 1. The normalized spacial score (nSPS) is 10.0. The number of carboxylic acid groups (broad SMARTS) is 1. The molecule has 20 heavy (non-hydrogen) atoms. The van der Waals surface area contributed by atoms with Gasteiger partial charge in [-0.05, 0) is 23.6 Å². The average Bonchev–Trinajstić information content (AvgIpc) is 2.92. The van der Waals surface area contributed by atoms with Crippen LogP contribution in [0.2, 0.25) is 0 Å². The average molecular weight is 290 g/mol. The summed E-state index contributed by atoms with van der Waals surface area (Å²) in [5.74, 6) is -0.936. The van der Waals surface area contributed by atoms with Gasteiger partial charge in [-0.2, -0.15) is 11.3 Å². The highest BCUT2D eigenvalue weighted by Crippen LogP contribution is 2.17. The van der Waals surface area contributed by atoms with Gasteiger partial charge in [-0.25, -0.2) is 4.79 Å². The molecule has 0 atom stereocenters. The number of amides is 2. The van der Waals surface area contributed by atoms with Crippen molar-refractivity contribution in [1.29, 1.82) is 0 Å². The van der Waals surface area contributed by atoms with Gasteiger partial charge in [-0.3, -0.25) is 9.69 Å². The molecule has 0 aliphatic heterocycles. The summed E-state index contributed by atoms with van der Waals surface area (Å²) >= 11 is 1.48. The third-order valence-corrected chi connectivity index (χ3v) is 3.32. The zero-order chi connectivity index (χ0) is 14.4. The largest absolute Gasteiger partial charge is 0.481 e. The van der Waals surface area contributed by atoms with E-state index in [0.29, 0.717) is 11.4 Å². The third kappa shape index (κ3) is 3.83. The molecule has 0 saturated carbocycles. The molecule has 2 aromatic rings. The topological polar surface area (TPSA) is 69.6 Å². The van der Waals surface area contributed by atoms with E-state index < -0.39 is 5.97 Å². The Morgan fingerprint density at radius 2 is 1.95 bits per heavy atom. The number of carbonyl (C=O) groups excluding carboxylic acids is 1. The number of anilines is 2. The molecule has 0 aliphatic carbocycles. The van der Waals surface area contributed by atoms with Gasteiger partial charge in [0.1, 0.15) is 0 Å². The first-order chi connectivity index (χ1) is 9.66. The summed E-state index contributed by atoms with van der Waals surface area (Å²) < 4.78 is 0. The lowest BCUT2D eigenvalue weighted by molar-refractivity contribution is -0.136. The third-order valence-electron chi connectivity index (χ3n) is 2.63. The smallest absolute Gasteiger partial charge is 0.326 e. The van der Waals surface area contributed by atoms with Gasteiger partial charge in [0.05, 0.1) is 12.1 Å². The molecule has 0 bridgehead atoms. The molecular weight excluding hydrogens is 276 g/mol. The molecule has 0 radical (unpaired) electrons. The number of carboxylic acids is 1. The maximum absolute atomic E-state index is 12.3. The van der Waals surface area contributed by atoms with Crippen LogP contribution in [0.3, 0.4) is 0 Å². The van der Waals surface area contributed by atoms with Gasteiger partial charge >= 0.3 is 12.0 Å². The molecule has 0 saturated heterocycles. The fraction of sp³-hybridized carbons (Fsp3) is 0.143. The van der Waals surface area contributed by atoms with Crippen molar-refractivity contribution in [2.75, 3.05) is 16.8 Å². The second-order valence-electron chi connectivity index (χ2n) is 4.07. The number of nitrogens with zero attached hydrogens (tertiary/aromatic N) is 1. The maximum atomic E-state index is 12.3. The molecule has 2 amide bonds. The lowest BCUT2D eigenvalue weighted by Crippen LogP contribution is -2.36. The van der Waals surface area contributed by atoms with Crippen molar-refractivity contribution in [3.8, 4) is 0 Å². The quantitative estimate of drug-likeness (QED) is 0.888. The van der Waals surface area contributed by atoms with Crippen molar-refractivity contribution in [3.05, 3.63) is 47.2 Å². The van der Waals surface area contributed by atoms with Crippen molar-refractivity contribution in [1.82, 2.24) is 0 Å². The molecule has 2 rings (SSSR count). The summed E-state index contributed by atoms with van der Waals surface area (Å²) in [5.41, 5.74) is 1.37. The van der Waals surface area contributed by atoms with Crippen molar-refractivity contribution in [2.45, 2.75) is 6.42 Å². The van der Waals surface area contributed by atoms with Crippen LogP contribution >= 0.6 is 11.3 Å². The Bertz CT molecular complexity index is 569. The molecule has 0 spiro atoms. The van der Waals surface area contributed by atoms with E-state index in [1.807, 2.05) is 16.8 Å². The van der Waals surface area contributed by atoms with Crippen LogP contribution in [0.15, 0.2) is 47.2 Å². The molecule has 1 aromatic carbocycles. The first kappa shape index (κ1) is 14.1. The standard InChI is InChI=1S/C14H14N2O3S/c17-13(18)6-8-16(12-4-2-1-3-5-12)14(19)15-11-7-9-20-10-11/h1-5,7,9-10H,6,8H2,(H,15,19)(H,17,18). The van der Waals surface area contributed by atoms with E-state index in [4.69, 9.17) is 5.11 Å². The minimum absolute atomic E-state index is 0.105. The summed E-state index contributed by atoms with van der Waals surface area (Å²) in [6.07, 6.45) is -0.105. The first-order valence-corrected chi connectivity index (χ1v) is 6.98. The highest BCUT2D eigenvalue weighted by molar-refractivity contribution is 7.08. The Hall–Kier alpha value is -2.34. The van der Waals surface area contributed by atoms with E-state index in [2.05, 4.69) is 5.32 Å². The van der Waals surface area contributed by atoms with E-state index in [9.17, 15) is 9.59 Å². The summed E-state index contributed by atoms with van der Waals surface area (Å²) in [5, 5.41) is 15.2. The van der Waals surface area contributed by atoms with Crippen LogP contribution in [0.1, 0.15) is 6.42 Å². The van der Waals surface area contributed by atoms with Crippen LogP contribution in [-0.2, 0) is 4.79 Å². The number of hydrogen-bond donors (Lipinski definition) is 2. The Labute approximate surface area is 120 Å². The molecule has 0 fully saturated rings.